The zero-order valence-corrected chi connectivity index (χ0v) is 20.2. The van der Waals surface area contributed by atoms with Crippen LogP contribution in [-0.2, 0) is 15.9 Å². The maximum absolute atomic E-state index is 5.53. The molecular formula is C22H37IN4O3. The van der Waals surface area contributed by atoms with Gasteiger partial charge in [0, 0.05) is 64.3 Å². The zero-order chi connectivity index (χ0) is 19.7. The van der Waals surface area contributed by atoms with Crippen molar-refractivity contribution in [3.05, 3.63) is 24.2 Å². The van der Waals surface area contributed by atoms with Crippen LogP contribution < -0.4 is 10.6 Å². The number of likely N-dealkylation sites (tertiary alicyclic amines) is 1. The number of ether oxygens (including phenoxy) is 2. The van der Waals surface area contributed by atoms with Gasteiger partial charge in [-0.05, 0) is 43.7 Å². The Balaban J connectivity index is 0.00000256. The lowest BCUT2D eigenvalue weighted by molar-refractivity contribution is 0.150. The van der Waals surface area contributed by atoms with Crippen molar-refractivity contribution >= 4 is 29.9 Å². The van der Waals surface area contributed by atoms with Gasteiger partial charge in [-0.25, -0.2) is 0 Å². The molecule has 2 atom stereocenters. The van der Waals surface area contributed by atoms with Crippen LogP contribution in [0.15, 0.2) is 27.8 Å². The fourth-order valence-corrected chi connectivity index (χ4v) is 4.40. The molecule has 0 aromatic carbocycles. The minimum Gasteiger partial charge on any atom is -0.469 e. The Labute approximate surface area is 197 Å². The lowest BCUT2D eigenvalue weighted by Gasteiger charge is -2.34. The van der Waals surface area contributed by atoms with Crippen LogP contribution in [0.1, 0.15) is 31.4 Å². The summed E-state index contributed by atoms with van der Waals surface area (Å²) < 4.78 is 16.5. The SMILES string of the molecule is I.c1coc(CCNC(=NCC2CCOC2)NC2CCN(CC3CCOC3)CC2)c1. The first-order valence-corrected chi connectivity index (χ1v) is 11.3. The summed E-state index contributed by atoms with van der Waals surface area (Å²) in [6.07, 6.45) is 7.26. The maximum Gasteiger partial charge on any atom is 0.191 e. The molecule has 3 aliphatic rings. The van der Waals surface area contributed by atoms with Crippen LogP contribution in [0.5, 0.6) is 0 Å². The molecule has 4 rings (SSSR count). The first-order valence-electron chi connectivity index (χ1n) is 11.3. The second-order valence-corrected chi connectivity index (χ2v) is 8.62. The van der Waals surface area contributed by atoms with Crippen LogP contribution in [0.25, 0.3) is 0 Å². The first kappa shape index (κ1) is 23.8. The molecule has 2 N–H and O–H groups in total. The highest BCUT2D eigenvalue weighted by Gasteiger charge is 2.24. The van der Waals surface area contributed by atoms with E-state index in [1.165, 1.54) is 25.8 Å². The number of furan rings is 1. The van der Waals surface area contributed by atoms with Crippen molar-refractivity contribution in [3.63, 3.8) is 0 Å². The Morgan fingerprint density at radius 3 is 2.50 bits per heavy atom. The molecule has 170 valence electrons. The number of hydrogen-bond acceptors (Lipinski definition) is 5. The highest BCUT2D eigenvalue weighted by molar-refractivity contribution is 14.0. The van der Waals surface area contributed by atoms with Crippen LogP contribution in [0.2, 0.25) is 0 Å². The summed E-state index contributed by atoms with van der Waals surface area (Å²) in [4.78, 5) is 7.48. The molecule has 0 spiro atoms. The predicted molar refractivity (Wildman–Crippen MR) is 129 cm³/mol. The summed E-state index contributed by atoms with van der Waals surface area (Å²) in [5.41, 5.74) is 0. The molecule has 3 saturated heterocycles. The van der Waals surface area contributed by atoms with Crippen molar-refractivity contribution in [2.45, 2.75) is 38.1 Å². The Morgan fingerprint density at radius 1 is 1.07 bits per heavy atom. The summed E-state index contributed by atoms with van der Waals surface area (Å²) >= 11 is 0. The number of hydrogen-bond donors (Lipinski definition) is 2. The molecule has 3 aliphatic heterocycles. The molecular weight excluding hydrogens is 495 g/mol. The van der Waals surface area contributed by atoms with Gasteiger partial charge in [0.05, 0.1) is 19.5 Å². The molecule has 2 unspecified atom stereocenters. The summed E-state index contributed by atoms with van der Waals surface area (Å²) in [7, 11) is 0. The van der Waals surface area contributed by atoms with E-state index in [4.69, 9.17) is 18.9 Å². The van der Waals surface area contributed by atoms with E-state index in [2.05, 4.69) is 15.5 Å². The van der Waals surface area contributed by atoms with E-state index in [-0.39, 0.29) is 24.0 Å². The average Bonchev–Trinajstić information content (AvgIpc) is 3.51. The largest absolute Gasteiger partial charge is 0.469 e. The monoisotopic (exact) mass is 532 g/mol. The lowest BCUT2D eigenvalue weighted by Crippen LogP contribution is -2.49. The van der Waals surface area contributed by atoms with Gasteiger partial charge in [0.25, 0.3) is 0 Å². The number of guanidine groups is 1. The highest BCUT2D eigenvalue weighted by atomic mass is 127. The highest BCUT2D eigenvalue weighted by Crippen LogP contribution is 2.18. The van der Waals surface area contributed by atoms with Gasteiger partial charge >= 0.3 is 0 Å². The van der Waals surface area contributed by atoms with E-state index in [1.807, 2.05) is 12.1 Å². The Morgan fingerprint density at radius 2 is 1.83 bits per heavy atom. The van der Waals surface area contributed by atoms with E-state index in [1.54, 1.807) is 6.26 Å². The van der Waals surface area contributed by atoms with Gasteiger partial charge in [-0.2, -0.15) is 0 Å². The van der Waals surface area contributed by atoms with Gasteiger partial charge in [-0.1, -0.05) is 0 Å². The molecule has 0 amide bonds. The topological polar surface area (TPSA) is 71.3 Å². The smallest absolute Gasteiger partial charge is 0.191 e. The number of piperidine rings is 1. The van der Waals surface area contributed by atoms with Crippen molar-refractivity contribution in [1.82, 2.24) is 15.5 Å². The van der Waals surface area contributed by atoms with E-state index in [0.717, 1.165) is 83.1 Å². The Kier molecular flexibility index (Phi) is 10.2. The molecule has 3 fully saturated rings. The minimum atomic E-state index is 0. The number of nitrogens with zero attached hydrogens (tertiary/aromatic N) is 2. The number of halogens is 1. The summed E-state index contributed by atoms with van der Waals surface area (Å²) in [6.45, 7) is 8.76. The summed E-state index contributed by atoms with van der Waals surface area (Å²) in [5.74, 6) is 3.22. The van der Waals surface area contributed by atoms with Gasteiger partial charge in [0.15, 0.2) is 5.96 Å². The molecule has 0 aliphatic carbocycles. The molecule has 1 aromatic rings. The van der Waals surface area contributed by atoms with Crippen LogP contribution in [0.3, 0.4) is 0 Å². The Hall–Kier alpha value is -0.840. The fourth-order valence-electron chi connectivity index (χ4n) is 4.40. The number of rotatable bonds is 8. The molecule has 30 heavy (non-hydrogen) atoms. The summed E-state index contributed by atoms with van der Waals surface area (Å²) in [6, 6.07) is 4.45. The van der Waals surface area contributed by atoms with Crippen LogP contribution in [-0.4, -0.2) is 76.1 Å². The van der Waals surface area contributed by atoms with Gasteiger partial charge in [-0.3, -0.25) is 4.99 Å². The lowest BCUT2D eigenvalue weighted by atomic mass is 10.0. The molecule has 4 heterocycles. The van der Waals surface area contributed by atoms with Crippen LogP contribution in [0.4, 0.5) is 0 Å². The van der Waals surface area contributed by atoms with Crippen molar-refractivity contribution < 1.29 is 13.9 Å². The molecule has 7 nitrogen and oxygen atoms in total. The second-order valence-electron chi connectivity index (χ2n) is 8.62. The van der Waals surface area contributed by atoms with Crippen LogP contribution in [0, 0.1) is 11.8 Å². The van der Waals surface area contributed by atoms with Crippen molar-refractivity contribution in [2.24, 2.45) is 16.8 Å². The quantitative estimate of drug-likeness (QED) is 0.305. The molecule has 0 bridgehead atoms. The summed E-state index contributed by atoms with van der Waals surface area (Å²) in [5, 5.41) is 7.20. The number of nitrogens with one attached hydrogen (secondary N) is 2. The van der Waals surface area contributed by atoms with E-state index in [0.29, 0.717) is 12.0 Å². The van der Waals surface area contributed by atoms with E-state index in [9.17, 15) is 0 Å². The molecule has 0 saturated carbocycles. The molecule has 8 heteroatoms. The van der Waals surface area contributed by atoms with Crippen LogP contribution >= 0.6 is 24.0 Å². The average molecular weight is 532 g/mol. The number of aliphatic imine (C=N–C) groups is 1. The minimum absolute atomic E-state index is 0. The van der Waals surface area contributed by atoms with Gasteiger partial charge in [-0.15, -0.1) is 24.0 Å². The fraction of sp³-hybridized carbons (Fsp3) is 0.773. The van der Waals surface area contributed by atoms with Crippen molar-refractivity contribution in [2.75, 3.05) is 59.2 Å². The standard InChI is InChI=1S/C22H36N4O3.HI/c1-2-21(29-11-1)3-8-23-22(24-14-18-6-12-27-16-18)25-20-4-9-26(10-5-20)15-19-7-13-28-17-19;/h1-2,11,18-20H,3-10,12-17H2,(H2,23,24,25);1H. The predicted octanol–water partition coefficient (Wildman–Crippen LogP) is 2.51. The van der Waals surface area contributed by atoms with E-state index >= 15 is 0 Å². The third kappa shape index (κ3) is 7.69. The molecule has 1 aromatic heterocycles. The Bertz CT molecular complexity index is 608. The third-order valence-corrected chi connectivity index (χ3v) is 6.24. The van der Waals surface area contributed by atoms with Crippen molar-refractivity contribution in [1.29, 1.82) is 0 Å². The van der Waals surface area contributed by atoms with Gasteiger partial charge < -0.3 is 29.4 Å². The molecule has 0 radical (unpaired) electrons. The third-order valence-electron chi connectivity index (χ3n) is 6.24. The normalized spacial score (nSPS) is 25.9. The first-order chi connectivity index (χ1) is 14.3. The second kappa shape index (κ2) is 12.9. The van der Waals surface area contributed by atoms with E-state index < -0.39 is 0 Å². The van der Waals surface area contributed by atoms with Gasteiger partial charge in [0.2, 0.25) is 0 Å². The maximum atomic E-state index is 5.53. The van der Waals surface area contributed by atoms with Crippen molar-refractivity contribution in [3.8, 4) is 0 Å². The van der Waals surface area contributed by atoms with Gasteiger partial charge in [0.1, 0.15) is 5.76 Å². The zero-order valence-electron chi connectivity index (χ0n) is 17.9.